The molecule has 1 saturated heterocycles. The first-order valence-electron chi connectivity index (χ1n) is 9.62. The standard InChI is InChI=1S/C20H30N4OS.HI/c1-2-21-20(22-10-7-18-5-3-13-25-18)23-15-17-8-11-24(12-9-17)16-19-6-4-14-26-19;/h3-6,13-14,17H,2,7-12,15-16H2,1H3,(H2,21,22,23);1H. The predicted octanol–water partition coefficient (Wildman–Crippen LogP) is 3.97. The molecule has 2 aromatic heterocycles. The van der Waals surface area contributed by atoms with Crippen molar-refractivity contribution in [3.63, 3.8) is 0 Å². The Hall–Kier alpha value is -1.06. The van der Waals surface area contributed by atoms with Crippen LogP contribution in [0.4, 0.5) is 0 Å². The maximum absolute atomic E-state index is 5.37. The van der Waals surface area contributed by atoms with E-state index in [2.05, 4.69) is 40.0 Å². The van der Waals surface area contributed by atoms with Crippen molar-refractivity contribution in [3.8, 4) is 0 Å². The van der Waals surface area contributed by atoms with Gasteiger partial charge in [-0.05, 0) is 62.4 Å². The van der Waals surface area contributed by atoms with E-state index in [0.717, 1.165) is 44.3 Å². The predicted molar refractivity (Wildman–Crippen MR) is 124 cm³/mol. The Labute approximate surface area is 183 Å². The van der Waals surface area contributed by atoms with E-state index >= 15 is 0 Å². The zero-order valence-electron chi connectivity index (χ0n) is 16.0. The van der Waals surface area contributed by atoms with Gasteiger partial charge in [-0.15, -0.1) is 35.3 Å². The Morgan fingerprint density at radius 2 is 2.11 bits per heavy atom. The van der Waals surface area contributed by atoms with Gasteiger partial charge in [0.2, 0.25) is 0 Å². The fraction of sp³-hybridized carbons (Fsp3) is 0.550. The van der Waals surface area contributed by atoms with Gasteiger partial charge in [0.05, 0.1) is 6.26 Å². The Morgan fingerprint density at radius 3 is 2.78 bits per heavy atom. The summed E-state index contributed by atoms with van der Waals surface area (Å²) in [5.41, 5.74) is 0. The molecule has 0 saturated carbocycles. The number of furan rings is 1. The van der Waals surface area contributed by atoms with Gasteiger partial charge in [0, 0.05) is 37.5 Å². The lowest BCUT2D eigenvalue weighted by Crippen LogP contribution is -2.39. The van der Waals surface area contributed by atoms with Crippen LogP contribution >= 0.6 is 35.3 Å². The van der Waals surface area contributed by atoms with E-state index in [9.17, 15) is 0 Å². The quantitative estimate of drug-likeness (QED) is 0.326. The Bertz CT molecular complexity index is 637. The van der Waals surface area contributed by atoms with Crippen LogP contribution < -0.4 is 10.6 Å². The van der Waals surface area contributed by atoms with Crippen LogP contribution in [0.5, 0.6) is 0 Å². The van der Waals surface area contributed by atoms with Crippen LogP contribution in [0.25, 0.3) is 0 Å². The minimum absolute atomic E-state index is 0. The molecule has 0 unspecified atom stereocenters. The fourth-order valence-corrected chi connectivity index (χ4v) is 4.02. The fourth-order valence-electron chi connectivity index (χ4n) is 3.27. The molecule has 27 heavy (non-hydrogen) atoms. The lowest BCUT2D eigenvalue weighted by molar-refractivity contribution is 0.182. The molecule has 3 rings (SSSR count). The van der Waals surface area contributed by atoms with Crippen LogP contribution in [0.3, 0.4) is 0 Å². The summed E-state index contributed by atoms with van der Waals surface area (Å²) in [5, 5.41) is 8.91. The minimum atomic E-state index is 0. The van der Waals surface area contributed by atoms with Crippen molar-refractivity contribution in [3.05, 3.63) is 46.5 Å². The highest BCUT2D eigenvalue weighted by atomic mass is 127. The van der Waals surface area contributed by atoms with Gasteiger partial charge in [0.25, 0.3) is 0 Å². The van der Waals surface area contributed by atoms with E-state index in [1.54, 1.807) is 6.26 Å². The zero-order valence-corrected chi connectivity index (χ0v) is 19.2. The van der Waals surface area contributed by atoms with E-state index in [-0.39, 0.29) is 24.0 Å². The summed E-state index contributed by atoms with van der Waals surface area (Å²) in [4.78, 5) is 8.84. The second-order valence-corrected chi connectivity index (χ2v) is 7.81. The summed E-state index contributed by atoms with van der Waals surface area (Å²) in [6.45, 7) is 8.19. The third kappa shape index (κ3) is 7.83. The first-order chi connectivity index (χ1) is 12.8. The maximum Gasteiger partial charge on any atom is 0.191 e. The van der Waals surface area contributed by atoms with Crippen molar-refractivity contribution in [1.82, 2.24) is 15.5 Å². The smallest absolute Gasteiger partial charge is 0.191 e. The van der Waals surface area contributed by atoms with Gasteiger partial charge >= 0.3 is 0 Å². The van der Waals surface area contributed by atoms with Crippen molar-refractivity contribution in [2.75, 3.05) is 32.7 Å². The summed E-state index contributed by atoms with van der Waals surface area (Å²) in [6.07, 6.45) is 5.07. The molecule has 7 heteroatoms. The van der Waals surface area contributed by atoms with Crippen LogP contribution in [0.15, 0.2) is 45.3 Å². The first kappa shape index (κ1) is 22.2. The molecule has 3 heterocycles. The van der Waals surface area contributed by atoms with Crippen LogP contribution in [0.2, 0.25) is 0 Å². The van der Waals surface area contributed by atoms with Crippen molar-refractivity contribution >= 4 is 41.3 Å². The molecule has 0 aromatic carbocycles. The van der Waals surface area contributed by atoms with E-state index < -0.39 is 0 Å². The SMILES string of the molecule is CCNC(=NCC1CCN(Cc2cccs2)CC1)NCCc1ccco1.I. The van der Waals surface area contributed by atoms with E-state index in [4.69, 9.17) is 9.41 Å². The highest BCUT2D eigenvalue weighted by molar-refractivity contribution is 14.0. The largest absolute Gasteiger partial charge is 0.469 e. The molecular formula is C20H31IN4OS. The van der Waals surface area contributed by atoms with Gasteiger partial charge in [0.15, 0.2) is 5.96 Å². The van der Waals surface area contributed by atoms with Crippen LogP contribution in [0.1, 0.15) is 30.4 Å². The molecule has 2 N–H and O–H groups in total. The average Bonchev–Trinajstić information content (AvgIpc) is 3.35. The third-order valence-corrected chi connectivity index (χ3v) is 5.62. The molecule has 2 aromatic rings. The van der Waals surface area contributed by atoms with Gasteiger partial charge in [-0.2, -0.15) is 0 Å². The number of hydrogen-bond donors (Lipinski definition) is 2. The molecule has 5 nitrogen and oxygen atoms in total. The number of rotatable bonds is 8. The Kier molecular flexibility index (Phi) is 10.2. The summed E-state index contributed by atoms with van der Waals surface area (Å²) in [7, 11) is 0. The number of guanidine groups is 1. The van der Waals surface area contributed by atoms with Crippen LogP contribution in [-0.2, 0) is 13.0 Å². The highest BCUT2D eigenvalue weighted by Gasteiger charge is 2.19. The second-order valence-electron chi connectivity index (χ2n) is 6.77. The summed E-state index contributed by atoms with van der Waals surface area (Å²) in [5.74, 6) is 2.61. The molecule has 150 valence electrons. The summed E-state index contributed by atoms with van der Waals surface area (Å²) in [6, 6.07) is 8.32. The normalized spacial score (nSPS) is 16.1. The molecule has 0 radical (unpaired) electrons. The second kappa shape index (κ2) is 12.4. The van der Waals surface area contributed by atoms with Crippen molar-refractivity contribution in [1.29, 1.82) is 0 Å². The van der Waals surface area contributed by atoms with Crippen LogP contribution in [0, 0.1) is 5.92 Å². The number of thiophene rings is 1. The molecule has 0 spiro atoms. The molecule has 0 bridgehead atoms. The van der Waals surface area contributed by atoms with Gasteiger partial charge in [-0.3, -0.25) is 9.89 Å². The Morgan fingerprint density at radius 1 is 1.26 bits per heavy atom. The zero-order chi connectivity index (χ0) is 18.0. The molecule has 0 aliphatic carbocycles. The van der Waals surface area contributed by atoms with Crippen molar-refractivity contribution in [2.24, 2.45) is 10.9 Å². The van der Waals surface area contributed by atoms with Crippen LogP contribution in [-0.4, -0.2) is 43.6 Å². The lowest BCUT2D eigenvalue weighted by Gasteiger charge is -2.31. The van der Waals surface area contributed by atoms with Gasteiger partial charge in [-0.1, -0.05) is 6.07 Å². The number of hydrogen-bond acceptors (Lipinski definition) is 4. The number of halogens is 1. The lowest BCUT2D eigenvalue weighted by atomic mass is 9.97. The number of likely N-dealkylation sites (tertiary alicyclic amines) is 1. The minimum Gasteiger partial charge on any atom is -0.469 e. The van der Waals surface area contributed by atoms with Crippen molar-refractivity contribution in [2.45, 2.75) is 32.7 Å². The molecule has 1 fully saturated rings. The van der Waals surface area contributed by atoms with Crippen molar-refractivity contribution < 1.29 is 4.42 Å². The van der Waals surface area contributed by atoms with Gasteiger partial charge in [0.1, 0.15) is 5.76 Å². The average molecular weight is 502 g/mol. The number of aliphatic imine (C=N–C) groups is 1. The molecule has 1 aliphatic heterocycles. The van der Waals surface area contributed by atoms with Gasteiger partial charge in [-0.25, -0.2) is 0 Å². The van der Waals surface area contributed by atoms with E-state index in [1.165, 1.54) is 30.8 Å². The van der Waals surface area contributed by atoms with E-state index in [0.29, 0.717) is 5.92 Å². The highest BCUT2D eigenvalue weighted by Crippen LogP contribution is 2.20. The first-order valence-corrected chi connectivity index (χ1v) is 10.5. The molecule has 0 amide bonds. The molecule has 1 aliphatic rings. The number of piperidine rings is 1. The van der Waals surface area contributed by atoms with Gasteiger partial charge < -0.3 is 15.1 Å². The third-order valence-electron chi connectivity index (χ3n) is 4.76. The summed E-state index contributed by atoms with van der Waals surface area (Å²) >= 11 is 1.86. The number of nitrogens with zero attached hydrogens (tertiary/aromatic N) is 2. The topological polar surface area (TPSA) is 52.8 Å². The molecule has 0 atom stereocenters. The Balaban J connectivity index is 0.00000261. The molecular weight excluding hydrogens is 471 g/mol. The monoisotopic (exact) mass is 502 g/mol. The maximum atomic E-state index is 5.37. The van der Waals surface area contributed by atoms with E-state index in [1.807, 2.05) is 23.5 Å². The summed E-state index contributed by atoms with van der Waals surface area (Å²) < 4.78 is 5.37. The number of nitrogens with one attached hydrogen (secondary N) is 2.